The Kier molecular flexibility index (Phi) is 3.84. The number of hydrogen-bond donors (Lipinski definition) is 0. The Labute approximate surface area is 149 Å². The molecule has 0 N–H and O–H groups in total. The molecular weight excluding hydrogens is 336 g/mol. The molecule has 25 heavy (non-hydrogen) atoms. The molecule has 4 rings (SSSR count). The van der Waals surface area contributed by atoms with Crippen LogP contribution in [0.15, 0.2) is 47.4 Å². The lowest BCUT2D eigenvalue weighted by Crippen LogP contribution is -2.32. The average molecular weight is 352 g/mol. The summed E-state index contributed by atoms with van der Waals surface area (Å²) in [6.07, 6.45) is 0.899. The van der Waals surface area contributed by atoms with Gasteiger partial charge in [-0.2, -0.15) is 0 Å². The molecule has 2 aromatic rings. The van der Waals surface area contributed by atoms with Crippen molar-refractivity contribution >= 4 is 35.2 Å². The number of thioether (sulfide) groups is 1. The third-order valence-electron chi connectivity index (χ3n) is 4.52. The number of amides is 3. The summed E-state index contributed by atoms with van der Waals surface area (Å²) in [4.78, 5) is 41.2. The summed E-state index contributed by atoms with van der Waals surface area (Å²) < 4.78 is 0. The predicted octanol–water partition coefficient (Wildman–Crippen LogP) is 3.06. The lowest BCUT2D eigenvalue weighted by Gasteiger charge is -2.22. The van der Waals surface area contributed by atoms with Crippen molar-refractivity contribution in [1.82, 2.24) is 4.90 Å². The number of carbonyl (C=O) groups excluding carboxylic acids is 3. The van der Waals surface area contributed by atoms with E-state index >= 15 is 0 Å². The number of imide groups is 1. The standard InChI is InChI=1S/C19H16N2O3S/c1-20-18(23)13-8-7-12(11-14(13)19(20)24)17(22)21-9-4-10-25-16-6-3-2-5-15(16)21/h2-3,5-8,11H,4,9-10H2,1H3. The number of para-hydroxylation sites is 1. The van der Waals surface area contributed by atoms with Gasteiger partial charge in [-0.15, -0.1) is 11.8 Å². The Morgan fingerprint density at radius 3 is 2.64 bits per heavy atom. The topological polar surface area (TPSA) is 57.7 Å². The SMILES string of the molecule is CN1C(=O)c2ccc(C(=O)N3CCCSc4ccccc43)cc2C1=O. The van der Waals surface area contributed by atoms with Crippen LogP contribution >= 0.6 is 11.8 Å². The Bertz CT molecular complexity index is 909. The van der Waals surface area contributed by atoms with Crippen molar-refractivity contribution < 1.29 is 14.4 Å². The molecule has 2 aliphatic heterocycles. The molecule has 0 aromatic heterocycles. The van der Waals surface area contributed by atoms with E-state index in [1.807, 2.05) is 24.3 Å². The minimum absolute atomic E-state index is 0.146. The summed E-state index contributed by atoms with van der Waals surface area (Å²) in [7, 11) is 1.45. The van der Waals surface area contributed by atoms with Gasteiger partial charge in [-0.25, -0.2) is 0 Å². The van der Waals surface area contributed by atoms with Crippen molar-refractivity contribution in [2.75, 3.05) is 24.2 Å². The first-order chi connectivity index (χ1) is 12.1. The van der Waals surface area contributed by atoms with Gasteiger partial charge in [-0.05, 0) is 42.5 Å². The molecule has 0 unspecified atom stereocenters. The number of rotatable bonds is 1. The quantitative estimate of drug-likeness (QED) is 0.740. The molecular formula is C19H16N2O3S. The minimum Gasteiger partial charge on any atom is -0.307 e. The van der Waals surface area contributed by atoms with Crippen molar-refractivity contribution in [2.45, 2.75) is 11.3 Å². The zero-order chi connectivity index (χ0) is 17.6. The van der Waals surface area contributed by atoms with Gasteiger partial charge in [0, 0.05) is 24.1 Å². The lowest BCUT2D eigenvalue weighted by atomic mass is 10.0. The van der Waals surface area contributed by atoms with Crippen LogP contribution in [-0.2, 0) is 0 Å². The number of nitrogens with zero attached hydrogens (tertiary/aromatic N) is 2. The Balaban J connectivity index is 1.73. The molecule has 0 fully saturated rings. The van der Waals surface area contributed by atoms with Crippen LogP contribution in [0, 0.1) is 0 Å². The number of benzene rings is 2. The molecule has 2 aromatic carbocycles. The number of carbonyl (C=O) groups is 3. The Morgan fingerprint density at radius 1 is 1.04 bits per heavy atom. The lowest BCUT2D eigenvalue weighted by molar-refractivity contribution is 0.0693. The van der Waals surface area contributed by atoms with Gasteiger partial charge in [-0.1, -0.05) is 12.1 Å². The molecule has 2 aliphatic rings. The van der Waals surface area contributed by atoms with Crippen molar-refractivity contribution in [3.8, 4) is 0 Å². The second-order valence-electron chi connectivity index (χ2n) is 6.06. The van der Waals surface area contributed by atoms with Crippen LogP contribution < -0.4 is 4.90 Å². The molecule has 0 saturated carbocycles. The third kappa shape index (κ3) is 2.53. The van der Waals surface area contributed by atoms with Crippen molar-refractivity contribution in [1.29, 1.82) is 0 Å². The first kappa shape index (κ1) is 15.9. The first-order valence-corrected chi connectivity index (χ1v) is 9.06. The van der Waals surface area contributed by atoms with Gasteiger partial charge in [0.15, 0.2) is 0 Å². The highest BCUT2D eigenvalue weighted by Crippen LogP contribution is 2.34. The van der Waals surface area contributed by atoms with E-state index in [2.05, 4.69) is 0 Å². The van der Waals surface area contributed by atoms with Gasteiger partial charge in [-0.3, -0.25) is 19.3 Å². The van der Waals surface area contributed by atoms with Crippen LogP contribution in [0.25, 0.3) is 0 Å². The molecule has 5 nitrogen and oxygen atoms in total. The maximum absolute atomic E-state index is 13.1. The molecule has 2 heterocycles. The molecule has 6 heteroatoms. The summed E-state index contributed by atoms with van der Waals surface area (Å²) in [6, 6.07) is 12.6. The molecule has 0 atom stereocenters. The minimum atomic E-state index is -0.360. The maximum atomic E-state index is 13.1. The summed E-state index contributed by atoms with van der Waals surface area (Å²) in [6.45, 7) is 0.632. The van der Waals surface area contributed by atoms with E-state index in [0.29, 0.717) is 23.2 Å². The fourth-order valence-corrected chi connectivity index (χ4v) is 4.18. The van der Waals surface area contributed by atoms with E-state index in [9.17, 15) is 14.4 Å². The number of anilines is 1. The molecule has 0 bridgehead atoms. The van der Waals surface area contributed by atoms with Crippen molar-refractivity contribution in [3.05, 3.63) is 59.2 Å². The van der Waals surface area contributed by atoms with Crippen LogP contribution in [0.3, 0.4) is 0 Å². The van der Waals surface area contributed by atoms with E-state index in [0.717, 1.165) is 27.7 Å². The van der Waals surface area contributed by atoms with E-state index < -0.39 is 0 Å². The highest BCUT2D eigenvalue weighted by molar-refractivity contribution is 7.99. The second-order valence-corrected chi connectivity index (χ2v) is 7.19. The summed E-state index contributed by atoms with van der Waals surface area (Å²) in [5, 5.41) is 0. The predicted molar refractivity (Wildman–Crippen MR) is 96.3 cm³/mol. The summed E-state index contributed by atoms with van der Waals surface area (Å²) >= 11 is 1.75. The van der Waals surface area contributed by atoms with Gasteiger partial charge < -0.3 is 4.90 Å². The van der Waals surface area contributed by atoms with Crippen LogP contribution in [-0.4, -0.2) is 42.0 Å². The smallest absolute Gasteiger partial charge is 0.261 e. The molecule has 0 aliphatic carbocycles. The monoisotopic (exact) mass is 352 g/mol. The van der Waals surface area contributed by atoms with Crippen molar-refractivity contribution in [2.24, 2.45) is 0 Å². The highest BCUT2D eigenvalue weighted by Gasteiger charge is 2.34. The summed E-state index contributed by atoms with van der Waals surface area (Å²) in [5.74, 6) is 0.132. The van der Waals surface area contributed by atoms with Gasteiger partial charge in [0.05, 0.1) is 16.8 Å². The molecule has 3 amide bonds. The maximum Gasteiger partial charge on any atom is 0.261 e. The van der Waals surface area contributed by atoms with Gasteiger partial charge >= 0.3 is 0 Å². The van der Waals surface area contributed by atoms with Crippen LogP contribution in [0.2, 0.25) is 0 Å². The van der Waals surface area contributed by atoms with E-state index in [4.69, 9.17) is 0 Å². The highest BCUT2D eigenvalue weighted by atomic mass is 32.2. The van der Waals surface area contributed by atoms with Crippen LogP contribution in [0.1, 0.15) is 37.5 Å². The second kappa shape index (κ2) is 6.04. The van der Waals surface area contributed by atoms with Crippen molar-refractivity contribution in [3.63, 3.8) is 0 Å². The van der Waals surface area contributed by atoms with Gasteiger partial charge in [0.25, 0.3) is 17.7 Å². The van der Waals surface area contributed by atoms with Crippen LogP contribution in [0.5, 0.6) is 0 Å². The number of fused-ring (bicyclic) bond motifs is 2. The largest absolute Gasteiger partial charge is 0.307 e. The Hall–Kier alpha value is -2.60. The van der Waals surface area contributed by atoms with Crippen LogP contribution in [0.4, 0.5) is 5.69 Å². The molecule has 0 radical (unpaired) electrons. The number of hydrogen-bond acceptors (Lipinski definition) is 4. The first-order valence-electron chi connectivity index (χ1n) is 8.08. The van der Waals surface area contributed by atoms with Gasteiger partial charge in [0.2, 0.25) is 0 Å². The zero-order valence-corrected chi connectivity index (χ0v) is 14.5. The molecule has 0 spiro atoms. The fourth-order valence-electron chi connectivity index (χ4n) is 3.19. The zero-order valence-electron chi connectivity index (χ0n) is 13.7. The van der Waals surface area contributed by atoms with Gasteiger partial charge in [0.1, 0.15) is 0 Å². The van der Waals surface area contributed by atoms with E-state index in [1.165, 1.54) is 7.05 Å². The molecule has 126 valence electrons. The summed E-state index contributed by atoms with van der Waals surface area (Å²) in [5.41, 5.74) is 1.98. The third-order valence-corrected chi connectivity index (χ3v) is 5.67. The average Bonchev–Trinajstić information content (AvgIpc) is 2.81. The normalized spacial score (nSPS) is 16.5. The van der Waals surface area contributed by atoms with E-state index in [1.54, 1.807) is 34.9 Å². The fraction of sp³-hybridized carbons (Fsp3) is 0.211. The molecule has 0 saturated heterocycles. The van der Waals surface area contributed by atoms with E-state index in [-0.39, 0.29) is 17.7 Å². The Morgan fingerprint density at radius 2 is 1.80 bits per heavy atom.